The molecule has 6 nitrogen and oxygen atoms in total. The average Bonchev–Trinajstić information content (AvgIpc) is 2.99. The van der Waals surface area contributed by atoms with Gasteiger partial charge in [0, 0.05) is 24.2 Å². The molecule has 2 aromatic carbocycles. The number of amides is 2. The van der Waals surface area contributed by atoms with Crippen LogP contribution in [0.2, 0.25) is 0 Å². The van der Waals surface area contributed by atoms with Gasteiger partial charge in [-0.3, -0.25) is 19.3 Å². The van der Waals surface area contributed by atoms with Crippen molar-refractivity contribution >= 4 is 45.9 Å². The number of hydrogen-bond donors (Lipinski definition) is 1. The summed E-state index contributed by atoms with van der Waals surface area (Å²) >= 11 is 1.34. The van der Waals surface area contributed by atoms with Gasteiger partial charge in [0.1, 0.15) is 5.25 Å². The molecule has 31 heavy (non-hydrogen) atoms. The van der Waals surface area contributed by atoms with E-state index in [-0.39, 0.29) is 24.0 Å². The number of carbonyl (C=O) groups is 3. The third-order valence-corrected chi connectivity index (χ3v) is 6.16. The van der Waals surface area contributed by atoms with Gasteiger partial charge in [-0.2, -0.15) is 0 Å². The molecule has 0 spiro atoms. The molecule has 7 heteroatoms. The van der Waals surface area contributed by atoms with Crippen molar-refractivity contribution in [3.63, 3.8) is 0 Å². The number of amidine groups is 1. The van der Waals surface area contributed by atoms with Gasteiger partial charge in [-0.25, -0.2) is 4.99 Å². The average molecular weight is 438 g/mol. The van der Waals surface area contributed by atoms with E-state index in [4.69, 9.17) is 4.99 Å². The highest BCUT2D eigenvalue weighted by atomic mass is 32.2. The molecule has 0 aliphatic carbocycles. The molecule has 1 saturated heterocycles. The predicted octanol–water partition coefficient (Wildman–Crippen LogP) is 4.88. The van der Waals surface area contributed by atoms with Crippen LogP contribution in [-0.4, -0.2) is 39.5 Å². The van der Waals surface area contributed by atoms with E-state index < -0.39 is 5.25 Å². The number of aryl methyl sites for hydroxylation is 2. The monoisotopic (exact) mass is 437 g/mol. The zero-order valence-corrected chi connectivity index (χ0v) is 19.1. The maximum absolute atomic E-state index is 12.9. The smallest absolute Gasteiger partial charge is 0.242 e. The number of anilines is 1. The zero-order valence-electron chi connectivity index (χ0n) is 18.3. The number of thioether (sulfide) groups is 1. The summed E-state index contributed by atoms with van der Waals surface area (Å²) in [6.07, 6.45) is 0.865. The van der Waals surface area contributed by atoms with Crippen molar-refractivity contribution in [3.8, 4) is 0 Å². The number of benzene rings is 2. The molecule has 3 rings (SSSR count). The second-order valence-corrected chi connectivity index (χ2v) is 8.84. The molecule has 1 atom stereocenters. The number of rotatable bonds is 7. The molecular formula is C24H27N3O3S. The summed E-state index contributed by atoms with van der Waals surface area (Å²) in [6, 6.07) is 12.7. The number of ketones is 1. The number of nitrogens with zero attached hydrogens (tertiary/aromatic N) is 2. The van der Waals surface area contributed by atoms with Gasteiger partial charge in [-0.1, -0.05) is 36.4 Å². The molecule has 0 aromatic heterocycles. The molecule has 1 aliphatic heterocycles. The summed E-state index contributed by atoms with van der Waals surface area (Å²) in [7, 11) is 0. The third kappa shape index (κ3) is 5.61. The van der Waals surface area contributed by atoms with Crippen LogP contribution in [-0.2, 0) is 9.59 Å². The van der Waals surface area contributed by atoms with E-state index in [9.17, 15) is 14.4 Å². The molecule has 0 bridgehead atoms. The molecule has 2 amide bonds. The fourth-order valence-corrected chi connectivity index (χ4v) is 4.53. The van der Waals surface area contributed by atoms with Crippen molar-refractivity contribution in [1.82, 2.24) is 4.90 Å². The molecule has 0 saturated carbocycles. The van der Waals surface area contributed by atoms with Gasteiger partial charge in [-0.05, 0) is 63.1 Å². The second-order valence-electron chi connectivity index (χ2n) is 7.67. The van der Waals surface area contributed by atoms with Crippen LogP contribution in [0, 0.1) is 13.8 Å². The van der Waals surface area contributed by atoms with Crippen molar-refractivity contribution in [3.05, 3.63) is 59.2 Å². The third-order valence-electron chi connectivity index (χ3n) is 4.98. The Labute approximate surface area is 187 Å². The number of aliphatic imine (C=N–C) groups is 1. The van der Waals surface area contributed by atoms with E-state index in [1.807, 2.05) is 32.9 Å². The van der Waals surface area contributed by atoms with E-state index >= 15 is 0 Å². The second kappa shape index (κ2) is 9.92. The number of Topliss-reactive ketones (excluding diaryl/α,β-unsaturated/α-hetero) is 1. The first-order chi connectivity index (χ1) is 14.8. The molecule has 2 aromatic rings. The lowest BCUT2D eigenvalue weighted by Gasteiger charge is -2.15. The van der Waals surface area contributed by atoms with Crippen LogP contribution in [0.25, 0.3) is 0 Å². The van der Waals surface area contributed by atoms with E-state index in [1.165, 1.54) is 18.7 Å². The quantitative estimate of drug-likeness (QED) is 0.627. The van der Waals surface area contributed by atoms with Gasteiger partial charge in [0.25, 0.3) is 0 Å². The SMILES string of the molecule is CCCN1C(=O)C(CC(=O)Nc2ccc(C(C)=O)cc2)SC1=Nc1ccc(C)cc1C. The standard InChI is InChI=1S/C24H27N3O3S/c1-5-12-27-23(30)21(31-24(27)26-20-11-6-15(2)13-16(20)3)14-22(29)25-19-9-7-18(8-10-19)17(4)28/h6-11,13,21H,5,12,14H2,1-4H3,(H,25,29). The van der Waals surface area contributed by atoms with Gasteiger partial charge in [0.2, 0.25) is 11.8 Å². The van der Waals surface area contributed by atoms with Crippen LogP contribution in [0.5, 0.6) is 0 Å². The highest BCUT2D eigenvalue weighted by Crippen LogP contribution is 2.33. The van der Waals surface area contributed by atoms with E-state index in [2.05, 4.69) is 11.4 Å². The molecule has 1 heterocycles. The van der Waals surface area contributed by atoms with E-state index in [0.717, 1.165) is 23.2 Å². The van der Waals surface area contributed by atoms with Crippen molar-refractivity contribution < 1.29 is 14.4 Å². The Hall–Kier alpha value is -2.93. The van der Waals surface area contributed by atoms with Crippen LogP contribution in [0.4, 0.5) is 11.4 Å². The summed E-state index contributed by atoms with van der Waals surface area (Å²) in [5.74, 6) is -0.361. The summed E-state index contributed by atoms with van der Waals surface area (Å²) in [6.45, 7) is 8.11. The minimum Gasteiger partial charge on any atom is -0.326 e. The van der Waals surface area contributed by atoms with Crippen LogP contribution in [0.15, 0.2) is 47.5 Å². The maximum Gasteiger partial charge on any atom is 0.242 e. The number of nitrogens with one attached hydrogen (secondary N) is 1. The van der Waals surface area contributed by atoms with Gasteiger partial charge in [0.15, 0.2) is 11.0 Å². The Morgan fingerprint density at radius 2 is 1.84 bits per heavy atom. The Morgan fingerprint density at radius 1 is 1.13 bits per heavy atom. The van der Waals surface area contributed by atoms with E-state index in [0.29, 0.717) is 23.0 Å². The molecule has 0 radical (unpaired) electrons. The lowest BCUT2D eigenvalue weighted by molar-refractivity contribution is -0.128. The normalized spacial score (nSPS) is 17.3. The fraction of sp³-hybridized carbons (Fsp3) is 0.333. The molecule has 1 N–H and O–H groups in total. The largest absolute Gasteiger partial charge is 0.326 e. The first kappa shape index (κ1) is 22.7. The zero-order chi connectivity index (χ0) is 22.5. The van der Waals surface area contributed by atoms with Crippen LogP contribution in [0.3, 0.4) is 0 Å². The lowest BCUT2D eigenvalue weighted by Crippen LogP contribution is -2.34. The predicted molar refractivity (Wildman–Crippen MR) is 126 cm³/mol. The highest BCUT2D eigenvalue weighted by Gasteiger charge is 2.38. The van der Waals surface area contributed by atoms with Crippen molar-refractivity contribution in [2.45, 2.75) is 45.8 Å². The molecule has 1 aliphatic rings. The number of hydrogen-bond acceptors (Lipinski definition) is 5. The fourth-order valence-electron chi connectivity index (χ4n) is 3.36. The van der Waals surface area contributed by atoms with Crippen molar-refractivity contribution in [1.29, 1.82) is 0 Å². The van der Waals surface area contributed by atoms with Crippen LogP contribution < -0.4 is 5.32 Å². The van der Waals surface area contributed by atoms with Gasteiger partial charge < -0.3 is 5.32 Å². The first-order valence-corrected chi connectivity index (χ1v) is 11.2. The Bertz CT molecular complexity index is 1030. The summed E-state index contributed by atoms with van der Waals surface area (Å²) < 4.78 is 0. The van der Waals surface area contributed by atoms with Crippen molar-refractivity contribution in [2.75, 3.05) is 11.9 Å². The number of carbonyl (C=O) groups excluding carboxylic acids is 3. The Balaban J connectivity index is 1.72. The van der Waals surface area contributed by atoms with Crippen molar-refractivity contribution in [2.24, 2.45) is 4.99 Å². The minimum atomic E-state index is -0.507. The van der Waals surface area contributed by atoms with Crippen LogP contribution in [0.1, 0.15) is 48.2 Å². The topological polar surface area (TPSA) is 78.8 Å². The summed E-state index contributed by atoms with van der Waals surface area (Å²) in [4.78, 5) is 43.3. The molecule has 1 unspecified atom stereocenters. The Kier molecular flexibility index (Phi) is 7.28. The molecule has 1 fully saturated rings. The van der Waals surface area contributed by atoms with Gasteiger partial charge in [0.05, 0.1) is 5.69 Å². The minimum absolute atomic E-state index is 0.0301. The van der Waals surface area contributed by atoms with E-state index in [1.54, 1.807) is 29.2 Å². The summed E-state index contributed by atoms with van der Waals surface area (Å²) in [5.41, 5.74) is 4.22. The molecular weight excluding hydrogens is 410 g/mol. The van der Waals surface area contributed by atoms with Crippen LogP contribution >= 0.6 is 11.8 Å². The van der Waals surface area contributed by atoms with Gasteiger partial charge >= 0.3 is 0 Å². The summed E-state index contributed by atoms with van der Waals surface area (Å²) in [5, 5.41) is 2.94. The molecule has 162 valence electrons. The Morgan fingerprint density at radius 3 is 2.45 bits per heavy atom. The lowest BCUT2D eigenvalue weighted by atomic mass is 10.1. The highest BCUT2D eigenvalue weighted by molar-refractivity contribution is 8.15. The first-order valence-electron chi connectivity index (χ1n) is 10.3. The maximum atomic E-state index is 12.9. The van der Waals surface area contributed by atoms with Gasteiger partial charge in [-0.15, -0.1) is 0 Å².